The number of hydrogen-bond acceptors (Lipinski definition) is 4. The molecule has 0 saturated carbocycles. The summed E-state index contributed by atoms with van der Waals surface area (Å²) in [6, 6.07) is 3.40. The lowest BCUT2D eigenvalue weighted by molar-refractivity contribution is -0.134. The molecular weight excluding hydrogens is 198 g/mol. The zero-order chi connectivity index (χ0) is 10.8. The molecular formula is C8H7N5O2. The minimum absolute atomic E-state index is 0.307. The topological polar surface area (TPSA) is 114 Å². The van der Waals surface area contributed by atoms with Gasteiger partial charge < -0.3 is 11.1 Å². The predicted octanol–water partition coefficient (Wildman–Crippen LogP) is -0.618. The van der Waals surface area contributed by atoms with Crippen molar-refractivity contribution < 1.29 is 9.59 Å². The van der Waals surface area contributed by atoms with E-state index in [0.717, 1.165) is 0 Å². The number of hydrogen-bond donors (Lipinski definition) is 3. The molecule has 2 aromatic rings. The third-order valence-electron chi connectivity index (χ3n) is 1.79. The maximum Gasteiger partial charge on any atom is 0.314 e. The number of nitrogens with one attached hydrogen (secondary N) is 2. The molecule has 7 nitrogen and oxygen atoms in total. The predicted molar refractivity (Wildman–Crippen MR) is 51.7 cm³/mol. The summed E-state index contributed by atoms with van der Waals surface area (Å²) in [6.07, 6.45) is 1.57. The number of aromatic nitrogens is 3. The number of pyridine rings is 1. The van der Waals surface area contributed by atoms with Crippen molar-refractivity contribution in [2.75, 3.05) is 5.32 Å². The standard InChI is InChI=1S/C8H7N5O2/c9-5(14)8(15)11-7-4-2-1-3-10-6(4)12-13-7/h1-3H,(H2,9,14)(H2,10,11,12,13,15). The maximum atomic E-state index is 11.0. The molecule has 0 atom stereocenters. The molecule has 15 heavy (non-hydrogen) atoms. The number of fused-ring (bicyclic) bond motifs is 1. The van der Waals surface area contributed by atoms with E-state index in [0.29, 0.717) is 16.9 Å². The van der Waals surface area contributed by atoms with Crippen LogP contribution in [0.4, 0.5) is 5.82 Å². The van der Waals surface area contributed by atoms with Crippen LogP contribution in [0, 0.1) is 0 Å². The Morgan fingerprint density at radius 2 is 2.27 bits per heavy atom. The second kappa shape index (κ2) is 3.37. The highest BCUT2D eigenvalue weighted by Crippen LogP contribution is 2.17. The van der Waals surface area contributed by atoms with Crippen molar-refractivity contribution in [1.82, 2.24) is 15.2 Å². The van der Waals surface area contributed by atoms with Gasteiger partial charge in [0.05, 0.1) is 5.39 Å². The first kappa shape index (κ1) is 9.13. The number of H-pyrrole nitrogens is 1. The van der Waals surface area contributed by atoms with Crippen molar-refractivity contribution >= 4 is 28.7 Å². The lowest BCUT2D eigenvalue weighted by Crippen LogP contribution is -2.29. The molecule has 0 aliphatic heterocycles. The van der Waals surface area contributed by atoms with E-state index < -0.39 is 11.8 Å². The van der Waals surface area contributed by atoms with Crippen molar-refractivity contribution in [3.8, 4) is 0 Å². The van der Waals surface area contributed by atoms with Crippen LogP contribution in [0.3, 0.4) is 0 Å². The van der Waals surface area contributed by atoms with Gasteiger partial charge in [-0.2, -0.15) is 5.10 Å². The molecule has 0 fully saturated rings. The van der Waals surface area contributed by atoms with E-state index in [1.54, 1.807) is 18.3 Å². The van der Waals surface area contributed by atoms with Crippen molar-refractivity contribution in [3.05, 3.63) is 18.3 Å². The quantitative estimate of drug-likeness (QED) is 0.538. The van der Waals surface area contributed by atoms with Gasteiger partial charge in [0.2, 0.25) is 0 Å². The number of carbonyl (C=O) groups is 2. The van der Waals surface area contributed by atoms with E-state index in [-0.39, 0.29) is 0 Å². The van der Waals surface area contributed by atoms with Gasteiger partial charge in [-0.3, -0.25) is 14.7 Å². The molecule has 2 amide bonds. The van der Waals surface area contributed by atoms with E-state index in [2.05, 4.69) is 20.5 Å². The van der Waals surface area contributed by atoms with Gasteiger partial charge in [-0.1, -0.05) is 0 Å². The molecule has 0 saturated heterocycles. The molecule has 4 N–H and O–H groups in total. The summed E-state index contributed by atoms with van der Waals surface area (Å²) in [5, 5.41) is 9.29. The molecule has 76 valence electrons. The highest BCUT2D eigenvalue weighted by molar-refractivity contribution is 6.39. The second-order valence-electron chi connectivity index (χ2n) is 2.79. The third-order valence-corrected chi connectivity index (χ3v) is 1.79. The van der Waals surface area contributed by atoms with Crippen LogP contribution in [0.15, 0.2) is 18.3 Å². The number of anilines is 1. The molecule has 2 heterocycles. The monoisotopic (exact) mass is 205 g/mol. The van der Waals surface area contributed by atoms with Crippen LogP contribution in [0.25, 0.3) is 11.0 Å². The number of primary amides is 1. The van der Waals surface area contributed by atoms with Crippen LogP contribution in [0.5, 0.6) is 0 Å². The van der Waals surface area contributed by atoms with Gasteiger partial charge in [-0.15, -0.1) is 0 Å². The van der Waals surface area contributed by atoms with E-state index in [4.69, 9.17) is 5.73 Å². The zero-order valence-corrected chi connectivity index (χ0v) is 7.52. The van der Waals surface area contributed by atoms with Gasteiger partial charge >= 0.3 is 11.8 Å². The zero-order valence-electron chi connectivity index (χ0n) is 7.52. The van der Waals surface area contributed by atoms with Gasteiger partial charge in [0, 0.05) is 6.20 Å². The second-order valence-corrected chi connectivity index (χ2v) is 2.79. The van der Waals surface area contributed by atoms with Crippen LogP contribution in [-0.2, 0) is 9.59 Å². The minimum Gasteiger partial charge on any atom is -0.361 e. The van der Waals surface area contributed by atoms with Gasteiger partial charge in [0.1, 0.15) is 5.82 Å². The molecule has 2 rings (SSSR count). The Morgan fingerprint density at radius 1 is 1.47 bits per heavy atom. The highest BCUT2D eigenvalue weighted by atomic mass is 16.2. The highest BCUT2D eigenvalue weighted by Gasteiger charge is 2.12. The number of rotatable bonds is 1. The number of carbonyl (C=O) groups excluding carboxylic acids is 2. The fourth-order valence-electron chi connectivity index (χ4n) is 1.12. The minimum atomic E-state index is -1.05. The van der Waals surface area contributed by atoms with Crippen molar-refractivity contribution in [1.29, 1.82) is 0 Å². The number of amides is 2. The van der Waals surface area contributed by atoms with Crippen molar-refractivity contribution in [2.45, 2.75) is 0 Å². The molecule has 0 spiro atoms. The summed E-state index contributed by atoms with van der Waals surface area (Å²) < 4.78 is 0. The first-order valence-corrected chi connectivity index (χ1v) is 4.08. The lowest BCUT2D eigenvalue weighted by atomic mass is 10.3. The van der Waals surface area contributed by atoms with Crippen LogP contribution in [0.2, 0.25) is 0 Å². The molecule has 0 radical (unpaired) electrons. The van der Waals surface area contributed by atoms with Crippen LogP contribution < -0.4 is 11.1 Å². The molecule has 0 bridgehead atoms. The van der Waals surface area contributed by atoms with E-state index >= 15 is 0 Å². The van der Waals surface area contributed by atoms with E-state index in [1.807, 2.05) is 0 Å². The SMILES string of the molecule is NC(=O)C(=O)Nc1[nH]nc2ncccc12. The Kier molecular flexibility index (Phi) is 2.05. The first-order valence-electron chi connectivity index (χ1n) is 4.08. The van der Waals surface area contributed by atoms with Crippen LogP contribution >= 0.6 is 0 Å². The summed E-state index contributed by atoms with van der Waals surface area (Å²) >= 11 is 0. The summed E-state index contributed by atoms with van der Waals surface area (Å²) in [6.45, 7) is 0. The molecule has 0 aliphatic rings. The number of nitrogens with zero attached hydrogens (tertiary/aromatic N) is 2. The Hall–Kier alpha value is -2.44. The van der Waals surface area contributed by atoms with Crippen LogP contribution in [-0.4, -0.2) is 27.0 Å². The molecule has 7 heteroatoms. The number of aromatic amines is 1. The summed E-state index contributed by atoms with van der Waals surface area (Å²) in [5.41, 5.74) is 5.25. The smallest absolute Gasteiger partial charge is 0.314 e. The third kappa shape index (κ3) is 1.62. The van der Waals surface area contributed by atoms with Gasteiger partial charge in [0.25, 0.3) is 0 Å². The average molecular weight is 205 g/mol. The largest absolute Gasteiger partial charge is 0.361 e. The Morgan fingerprint density at radius 3 is 3.00 bits per heavy atom. The van der Waals surface area contributed by atoms with Crippen molar-refractivity contribution in [2.24, 2.45) is 5.73 Å². The summed E-state index contributed by atoms with van der Waals surface area (Å²) in [4.78, 5) is 25.5. The Labute approximate surface area is 83.7 Å². The average Bonchev–Trinajstić information content (AvgIpc) is 2.62. The summed E-state index contributed by atoms with van der Waals surface area (Å²) in [5.74, 6) is -1.65. The fraction of sp³-hybridized carbons (Fsp3) is 0. The first-order chi connectivity index (χ1) is 7.18. The Bertz CT molecular complexity index is 533. The molecule has 0 unspecified atom stereocenters. The number of nitrogens with two attached hydrogens (primary N) is 1. The summed E-state index contributed by atoms with van der Waals surface area (Å²) in [7, 11) is 0. The molecule has 0 aliphatic carbocycles. The van der Waals surface area contributed by atoms with E-state index in [1.165, 1.54) is 0 Å². The van der Waals surface area contributed by atoms with Gasteiger partial charge in [-0.25, -0.2) is 4.98 Å². The van der Waals surface area contributed by atoms with Gasteiger partial charge in [0.15, 0.2) is 5.65 Å². The Balaban J connectivity index is 2.37. The van der Waals surface area contributed by atoms with E-state index in [9.17, 15) is 9.59 Å². The molecule has 0 aromatic carbocycles. The van der Waals surface area contributed by atoms with Crippen LogP contribution in [0.1, 0.15) is 0 Å². The van der Waals surface area contributed by atoms with Crippen molar-refractivity contribution in [3.63, 3.8) is 0 Å². The normalized spacial score (nSPS) is 10.1. The molecule has 2 aromatic heterocycles. The lowest BCUT2D eigenvalue weighted by Gasteiger charge is -1.97. The van der Waals surface area contributed by atoms with Gasteiger partial charge in [-0.05, 0) is 12.1 Å². The fourth-order valence-corrected chi connectivity index (χ4v) is 1.12. The maximum absolute atomic E-state index is 11.0.